The summed E-state index contributed by atoms with van der Waals surface area (Å²) in [6.45, 7) is 0. The van der Waals surface area contributed by atoms with Gasteiger partial charge in [0, 0.05) is 0 Å². The average molecular weight is 271 g/mol. The largest absolute Gasteiger partial charge is 1.00 e. The zero-order valence-corrected chi connectivity index (χ0v) is 12.1. The van der Waals surface area contributed by atoms with Gasteiger partial charge in [0.25, 0.3) is 10.1 Å². The van der Waals surface area contributed by atoms with E-state index in [2.05, 4.69) is 0 Å². The topological polar surface area (TPSA) is 141 Å². The first-order chi connectivity index (χ1) is 6.75. The Bertz CT molecular complexity index is 526. The van der Waals surface area contributed by atoms with Crippen LogP contribution in [0.25, 0.3) is 0 Å². The number of aromatic carboxylic acids is 1. The van der Waals surface area contributed by atoms with Gasteiger partial charge in [-0.15, -0.1) is 0 Å². The minimum Gasteiger partial charge on any atom is -0.871 e. The molecule has 0 fully saturated rings. The molecule has 4 N–H and O–H groups in total. The number of anilines is 1. The van der Waals surface area contributed by atoms with Gasteiger partial charge in [-0.25, -0.2) is 4.79 Å². The minimum absolute atomic E-state index is 0. The van der Waals surface area contributed by atoms with Crippen molar-refractivity contribution in [2.75, 3.05) is 5.73 Å². The summed E-state index contributed by atoms with van der Waals surface area (Å²) in [5, 5.41) is 19.8. The Labute approximate surface area is 133 Å². The monoisotopic (exact) mass is 271 g/mol. The normalized spacial score (nSPS) is 10.6. The van der Waals surface area contributed by atoms with Gasteiger partial charge in [-0.1, -0.05) is 5.75 Å². The maximum absolute atomic E-state index is 11.3. The van der Waals surface area contributed by atoms with Crippen molar-refractivity contribution in [3.8, 4) is 5.75 Å². The molecule has 1 aromatic rings. The van der Waals surface area contributed by atoms with Crippen molar-refractivity contribution < 1.29 is 79.4 Å². The second-order valence-corrected chi connectivity index (χ2v) is 4.00. The summed E-state index contributed by atoms with van der Waals surface area (Å²) >= 11 is 0. The smallest absolute Gasteiger partial charge is 0.871 e. The fraction of sp³-hybridized carbons (Fsp3) is 0. The third-order valence-electron chi connectivity index (χ3n) is 1.63. The number of carboxylic acid groups (broad SMARTS) is 1. The van der Waals surface area contributed by atoms with Gasteiger partial charge >= 0.3 is 57.4 Å². The predicted molar refractivity (Wildman–Crippen MR) is 47.1 cm³/mol. The Hall–Kier alpha value is -0.164. The number of nitrogens with two attached hydrogens (primary N) is 1. The summed E-state index contributed by atoms with van der Waals surface area (Å²) < 4.78 is 30.1. The van der Waals surface area contributed by atoms with Gasteiger partial charge in [-0.2, -0.15) is 8.42 Å². The van der Waals surface area contributed by atoms with Crippen LogP contribution in [-0.4, -0.2) is 24.0 Å². The minimum atomic E-state index is -4.82. The van der Waals surface area contributed by atoms with E-state index in [1.165, 1.54) is 0 Å². The molecular formula is C7H6KNO6S. The quantitative estimate of drug-likeness (QED) is 0.285. The number of hydrogen-bond donors (Lipinski definition) is 3. The second kappa shape index (κ2) is 5.45. The van der Waals surface area contributed by atoms with E-state index >= 15 is 0 Å². The fourth-order valence-corrected chi connectivity index (χ4v) is 1.72. The molecule has 0 saturated heterocycles. The molecule has 7 nitrogen and oxygen atoms in total. The van der Waals surface area contributed by atoms with Crippen LogP contribution in [0.1, 0.15) is 10.4 Å². The van der Waals surface area contributed by atoms with Crippen LogP contribution < -0.4 is 62.2 Å². The number of hydrogen-bond acceptors (Lipinski definition) is 5. The number of carboxylic acids is 1. The molecular weight excluding hydrogens is 265 g/mol. The molecule has 0 unspecified atom stereocenters. The summed E-state index contributed by atoms with van der Waals surface area (Å²) in [6.07, 6.45) is 0. The third-order valence-corrected chi connectivity index (χ3v) is 2.57. The number of benzene rings is 1. The van der Waals surface area contributed by atoms with Gasteiger partial charge in [-0.3, -0.25) is 4.55 Å². The first kappa shape index (κ1) is 15.8. The van der Waals surface area contributed by atoms with Crippen LogP contribution >= 0.6 is 0 Å². The molecule has 0 amide bonds. The molecule has 0 radical (unpaired) electrons. The fourth-order valence-electron chi connectivity index (χ4n) is 1.01. The van der Waals surface area contributed by atoms with Crippen LogP contribution in [0.4, 0.5) is 5.69 Å². The molecule has 0 aliphatic heterocycles. The molecule has 0 bridgehead atoms. The van der Waals surface area contributed by atoms with Gasteiger partial charge < -0.3 is 15.9 Å². The van der Waals surface area contributed by atoms with Gasteiger partial charge in [0.05, 0.1) is 11.3 Å². The summed E-state index contributed by atoms with van der Waals surface area (Å²) in [5.41, 5.74) is 3.88. The summed E-state index contributed by atoms with van der Waals surface area (Å²) in [5.74, 6) is -2.92. The van der Waals surface area contributed by atoms with Crippen molar-refractivity contribution in [1.82, 2.24) is 0 Å². The number of carbonyl (C=O) groups is 1. The molecule has 0 saturated carbocycles. The van der Waals surface area contributed by atoms with E-state index in [0.717, 1.165) is 12.1 Å². The Balaban J connectivity index is 0.00000225. The van der Waals surface area contributed by atoms with Crippen LogP contribution in [0, 0.1) is 0 Å². The maximum atomic E-state index is 11.3. The molecule has 0 aliphatic carbocycles. The van der Waals surface area contributed by atoms with Crippen LogP contribution in [0.15, 0.2) is 17.0 Å². The summed E-state index contributed by atoms with van der Waals surface area (Å²) in [7, 11) is -4.82. The van der Waals surface area contributed by atoms with Crippen molar-refractivity contribution >= 4 is 21.8 Å². The van der Waals surface area contributed by atoms with E-state index < -0.39 is 38.0 Å². The Morgan fingerprint density at radius 1 is 1.38 bits per heavy atom. The van der Waals surface area contributed by atoms with E-state index in [1.807, 2.05) is 0 Å². The van der Waals surface area contributed by atoms with E-state index in [-0.39, 0.29) is 51.4 Å². The second-order valence-electron chi connectivity index (χ2n) is 2.64. The first-order valence-electron chi connectivity index (χ1n) is 3.55. The van der Waals surface area contributed by atoms with Crippen molar-refractivity contribution in [2.24, 2.45) is 0 Å². The van der Waals surface area contributed by atoms with E-state index in [1.54, 1.807) is 0 Å². The Morgan fingerprint density at radius 2 is 1.88 bits per heavy atom. The van der Waals surface area contributed by atoms with Crippen molar-refractivity contribution in [3.63, 3.8) is 0 Å². The van der Waals surface area contributed by atoms with Crippen LogP contribution in [0.5, 0.6) is 5.75 Å². The number of rotatable bonds is 2. The molecule has 0 aromatic heterocycles. The standard InChI is InChI=1S/C7H7NO6S.K/c8-4-2-1-3(7(10)11)5(9)6(4)15(12,13)14;/h1-2,9H,8H2,(H,10,11)(H,12,13,14);/q;+1/p-1. The van der Waals surface area contributed by atoms with Crippen LogP contribution in [0.3, 0.4) is 0 Å². The molecule has 0 aliphatic rings. The maximum Gasteiger partial charge on any atom is 1.00 e. The van der Waals surface area contributed by atoms with E-state index in [9.17, 15) is 18.3 Å². The van der Waals surface area contributed by atoms with Crippen LogP contribution in [-0.2, 0) is 10.1 Å². The third kappa shape index (κ3) is 3.17. The van der Waals surface area contributed by atoms with Crippen molar-refractivity contribution in [2.45, 2.75) is 4.90 Å². The van der Waals surface area contributed by atoms with Gasteiger partial charge in [0.15, 0.2) is 0 Å². The van der Waals surface area contributed by atoms with E-state index in [0.29, 0.717) is 0 Å². The summed E-state index contributed by atoms with van der Waals surface area (Å²) in [6, 6.07) is 1.79. The average Bonchev–Trinajstić information content (AvgIpc) is 2.00. The molecule has 1 aromatic carbocycles. The first-order valence-corrected chi connectivity index (χ1v) is 4.99. The molecule has 0 heterocycles. The molecule has 16 heavy (non-hydrogen) atoms. The molecule has 1 rings (SSSR count). The predicted octanol–water partition coefficient (Wildman–Crippen LogP) is -3.71. The molecule has 0 spiro atoms. The number of nitrogen functional groups attached to an aromatic ring is 1. The van der Waals surface area contributed by atoms with Crippen molar-refractivity contribution in [1.29, 1.82) is 0 Å². The van der Waals surface area contributed by atoms with Crippen LogP contribution in [0.2, 0.25) is 0 Å². The van der Waals surface area contributed by atoms with E-state index in [4.69, 9.17) is 15.4 Å². The molecule has 82 valence electrons. The molecule has 9 heteroatoms. The Morgan fingerprint density at radius 3 is 2.25 bits per heavy atom. The van der Waals surface area contributed by atoms with Crippen molar-refractivity contribution in [3.05, 3.63) is 17.7 Å². The summed E-state index contributed by atoms with van der Waals surface area (Å²) in [4.78, 5) is 9.39. The van der Waals surface area contributed by atoms with Gasteiger partial charge in [0.1, 0.15) is 4.90 Å². The van der Waals surface area contributed by atoms with Gasteiger partial charge in [0.2, 0.25) is 0 Å². The SMILES string of the molecule is Nc1ccc(C(=O)O)c([O-])c1S(=O)(=O)O.[K+]. The molecule has 0 atom stereocenters. The zero-order chi connectivity index (χ0) is 11.8. The van der Waals surface area contributed by atoms with Gasteiger partial charge in [-0.05, 0) is 12.1 Å². The Kier molecular flexibility index (Phi) is 5.39. The zero-order valence-electron chi connectivity index (χ0n) is 8.17.